The van der Waals surface area contributed by atoms with Gasteiger partial charge in [0.25, 0.3) is 0 Å². The minimum absolute atomic E-state index is 0.00904. The Morgan fingerprint density at radius 2 is 2.03 bits per heavy atom. The van der Waals surface area contributed by atoms with E-state index in [1.54, 1.807) is 6.07 Å². The van der Waals surface area contributed by atoms with Gasteiger partial charge >= 0.3 is 0 Å². The van der Waals surface area contributed by atoms with Gasteiger partial charge in [-0.3, -0.25) is 9.48 Å². The fraction of sp³-hybridized carbons (Fsp3) is 0.304. The van der Waals surface area contributed by atoms with Crippen LogP contribution >= 0.6 is 11.6 Å². The number of carbonyl (C=O) groups is 1. The molecule has 0 fully saturated rings. The van der Waals surface area contributed by atoms with Crippen LogP contribution in [0, 0.1) is 19.8 Å². The maximum Gasteiger partial charge on any atom is 0.227 e. The smallest absolute Gasteiger partial charge is 0.227 e. The number of carbonyl (C=O) groups excluding carboxylic acids is 1. The van der Waals surface area contributed by atoms with Crippen LogP contribution in [0.2, 0.25) is 5.02 Å². The molecule has 2 heterocycles. The first-order chi connectivity index (χ1) is 14.0. The lowest BCUT2D eigenvalue weighted by atomic mass is 9.96. The lowest BCUT2D eigenvalue weighted by Crippen LogP contribution is -2.37. The van der Waals surface area contributed by atoms with Gasteiger partial charge in [-0.15, -0.1) is 0 Å². The fourth-order valence-corrected chi connectivity index (χ4v) is 3.95. The highest BCUT2D eigenvalue weighted by Crippen LogP contribution is 2.30. The Hall–Kier alpha value is -2.79. The largest absolute Gasteiger partial charge is 0.492 e. The summed E-state index contributed by atoms with van der Waals surface area (Å²) >= 11 is 6.07. The van der Waals surface area contributed by atoms with Crippen LogP contribution in [-0.2, 0) is 24.3 Å². The van der Waals surface area contributed by atoms with E-state index in [9.17, 15) is 4.79 Å². The topological polar surface area (TPSA) is 56.2 Å². The minimum atomic E-state index is -0.221. The summed E-state index contributed by atoms with van der Waals surface area (Å²) in [6, 6.07) is 15.8. The molecular formula is C23H24ClN3O2. The number of nitrogens with zero attached hydrogens (tertiary/aromatic N) is 2. The van der Waals surface area contributed by atoms with Gasteiger partial charge in [-0.2, -0.15) is 5.10 Å². The van der Waals surface area contributed by atoms with Gasteiger partial charge in [0.15, 0.2) is 0 Å². The summed E-state index contributed by atoms with van der Waals surface area (Å²) < 4.78 is 7.74. The normalized spacial score (nSPS) is 15.5. The van der Waals surface area contributed by atoms with Crippen molar-refractivity contribution in [3.05, 3.63) is 81.6 Å². The van der Waals surface area contributed by atoms with Gasteiger partial charge < -0.3 is 10.1 Å². The summed E-state index contributed by atoms with van der Waals surface area (Å²) in [5, 5.41) is 8.39. The summed E-state index contributed by atoms with van der Waals surface area (Å²) in [4.78, 5) is 12.7. The molecule has 1 unspecified atom stereocenters. The zero-order valence-electron chi connectivity index (χ0n) is 16.6. The number of nitrogens with one attached hydrogen (secondary N) is 1. The Labute approximate surface area is 175 Å². The van der Waals surface area contributed by atoms with E-state index in [1.807, 2.05) is 48.9 Å². The number of halogens is 1. The molecule has 150 valence electrons. The molecule has 1 amide bonds. The summed E-state index contributed by atoms with van der Waals surface area (Å²) in [6.07, 6.45) is 0.632. The van der Waals surface area contributed by atoms with Gasteiger partial charge in [0.05, 0.1) is 18.2 Å². The van der Waals surface area contributed by atoms with E-state index in [1.165, 1.54) is 5.56 Å². The Morgan fingerprint density at radius 1 is 1.24 bits per heavy atom. The number of hydrogen-bond donors (Lipinski definition) is 1. The number of ether oxygens (including phenoxy) is 1. The van der Waals surface area contributed by atoms with Crippen LogP contribution in [0.4, 0.5) is 0 Å². The Bertz CT molecular complexity index is 1030. The third-order valence-electron chi connectivity index (χ3n) is 5.45. The predicted octanol–water partition coefficient (Wildman–Crippen LogP) is 4.07. The van der Waals surface area contributed by atoms with Crippen molar-refractivity contribution in [2.24, 2.45) is 5.92 Å². The molecule has 1 N–H and O–H groups in total. The predicted molar refractivity (Wildman–Crippen MR) is 113 cm³/mol. The number of rotatable bonds is 5. The molecule has 1 aromatic heterocycles. The van der Waals surface area contributed by atoms with Gasteiger partial charge in [-0.25, -0.2) is 0 Å². The van der Waals surface area contributed by atoms with Gasteiger partial charge in [0.2, 0.25) is 5.91 Å². The average molecular weight is 410 g/mol. The molecule has 0 spiro atoms. The molecule has 0 saturated carbocycles. The number of hydrogen-bond acceptors (Lipinski definition) is 3. The molecule has 0 bridgehead atoms. The van der Waals surface area contributed by atoms with E-state index in [0.717, 1.165) is 34.8 Å². The Kier molecular flexibility index (Phi) is 5.58. The van der Waals surface area contributed by atoms with E-state index < -0.39 is 0 Å². The highest BCUT2D eigenvalue weighted by atomic mass is 35.5. The number of benzene rings is 2. The van der Waals surface area contributed by atoms with Crippen LogP contribution in [0.3, 0.4) is 0 Å². The molecule has 2 aromatic carbocycles. The zero-order valence-corrected chi connectivity index (χ0v) is 17.4. The number of aromatic nitrogens is 2. The van der Waals surface area contributed by atoms with Crippen molar-refractivity contribution in [1.82, 2.24) is 15.1 Å². The molecule has 0 saturated heterocycles. The molecule has 0 aliphatic carbocycles. The monoisotopic (exact) mass is 409 g/mol. The summed E-state index contributed by atoms with van der Waals surface area (Å²) in [5.41, 5.74) is 5.26. The summed E-state index contributed by atoms with van der Waals surface area (Å²) in [5.74, 6) is 0.582. The van der Waals surface area contributed by atoms with Crippen molar-refractivity contribution in [1.29, 1.82) is 0 Å². The molecule has 29 heavy (non-hydrogen) atoms. The number of aryl methyl sites for hydroxylation is 1. The Balaban J connectivity index is 1.41. The molecule has 1 atom stereocenters. The lowest BCUT2D eigenvalue weighted by Gasteiger charge is -2.24. The summed E-state index contributed by atoms with van der Waals surface area (Å²) in [6.45, 7) is 5.59. The van der Waals surface area contributed by atoms with Crippen molar-refractivity contribution in [3.8, 4) is 5.75 Å². The lowest BCUT2D eigenvalue weighted by molar-refractivity contribution is -0.126. The maximum absolute atomic E-state index is 12.7. The molecule has 1 aliphatic rings. The van der Waals surface area contributed by atoms with Crippen molar-refractivity contribution in [2.45, 2.75) is 33.4 Å². The van der Waals surface area contributed by atoms with Gasteiger partial charge in [0.1, 0.15) is 12.4 Å². The SMILES string of the molecule is Cc1nn(Cc2ccccc2)c(C)c1CNC(=O)C1COc2ccc(Cl)cc2C1. The third-order valence-corrected chi connectivity index (χ3v) is 5.68. The van der Waals surface area contributed by atoms with Gasteiger partial charge in [-0.1, -0.05) is 41.9 Å². The van der Waals surface area contributed by atoms with E-state index >= 15 is 0 Å². The fourth-order valence-electron chi connectivity index (χ4n) is 3.75. The average Bonchev–Trinajstić information content (AvgIpc) is 2.99. The zero-order chi connectivity index (χ0) is 20.4. The second-order valence-electron chi connectivity index (χ2n) is 7.47. The van der Waals surface area contributed by atoms with E-state index in [-0.39, 0.29) is 11.8 Å². The van der Waals surface area contributed by atoms with Crippen molar-refractivity contribution in [3.63, 3.8) is 0 Å². The molecule has 0 radical (unpaired) electrons. The van der Waals surface area contributed by atoms with Crippen LogP contribution in [-0.4, -0.2) is 22.3 Å². The van der Waals surface area contributed by atoms with Gasteiger partial charge in [0, 0.05) is 22.8 Å². The van der Waals surface area contributed by atoms with E-state index in [4.69, 9.17) is 16.3 Å². The molecule has 5 nitrogen and oxygen atoms in total. The number of fused-ring (bicyclic) bond motifs is 1. The van der Waals surface area contributed by atoms with Crippen molar-refractivity contribution < 1.29 is 9.53 Å². The Morgan fingerprint density at radius 3 is 2.83 bits per heavy atom. The van der Waals surface area contributed by atoms with Gasteiger partial charge in [-0.05, 0) is 49.6 Å². The molecule has 1 aliphatic heterocycles. The second kappa shape index (κ2) is 8.29. The van der Waals surface area contributed by atoms with Crippen molar-refractivity contribution in [2.75, 3.05) is 6.61 Å². The van der Waals surface area contributed by atoms with E-state index in [0.29, 0.717) is 24.6 Å². The van der Waals surface area contributed by atoms with E-state index in [2.05, 4.69) is 22.5 Å². The van der Waals surface area contributed by atoms with Crippen LogP contribution in [0.5, 0.6) is 5.75 Å². The standard InChI is InChI=1S/C23H24ClN3O2/c1-15-21(16(2)27(26-15)13-17-6-4-3-5-7-17)12-25-23(28)19-10-18-11-20(24)8-9-22(18)29-14-19/h3-9,11,19H,10,12-14H2,1-2H3,(H,25,28). The highest BCUT2D eigenvalue weighted by molar-refractivity contribution is 6.30. The molecule has 3 aromatic rings. The first kappa shape index (κ1) is 19.5. The maximum atomic E-state index is 12.7. The first-order valence-electron chi connectivity index (χ1n) is 9.77. The van der Waals surface area contributed by atoms with Crippen molar-refractivity contribution >= 4 is 17.5 Å². The molecular weight excluding hydrogens is 386 g/mol. The van der Waals surface area contributed by atoms with Crippen LogP contribution in [0.15, 0.2) is 48.5 Å². The van der Waals surface area contributed by atoms with Crippen LogP contribution in [0.25, 0.3) is 0 Å². The highest BCUT2D eigenvalue weighted by Gasteiger charge is 2.26. The van der Waals surface area contributed by atoms with Crippen LogP contribution in [0.1, 0.15) is 28.1 Å². The summed E-state index contributed by atoms with van der Waals surface area (Å²) in [7, 11) is 0. The minimum Gasteiger partial charge on any atom is -0.492 e. The van der Waals surface area contributed by atoms with Crippen LogP contribution < -0.4 is 10.1 Å². The second-order valence-corrected chi connectivity index (χ2v) is 7.91. The first-order valence-corrected chi connectivity index (χ1v) is 10.1. The number of amides is 1. The quantitative estimate of drug-likeness (QED) is 0.691. The molecule has 6 heteroatoms. The third kappa shape index (κ3) is 4.30. The molecule has 4 rings (SSSR count).